The number of hydrogen-bond acceptors (Lipinski definition) is 2. The SMILES string of the molecule is C/C(=C\C(=O)NNc1ccccc1C(F)(F)F)C1CC1. The summed E-state index contributed by atoms with van der Waals surface area (Å²) in [6.45, 7) is 1.85. The topological polar surface area (TPSA) is 41.1 Å². The fourth-order valence-corrected chi connectivity index (χ4v) is 1.87. The van der Waals surface area contributed by atoms with Gasteiger partial charge in [0.1, 0.15) is 0 Å². The molecule has 0 radical (unpaired) electrons. The van der Waals surface area contributed by atoms with Gasteiger partial charge in [0.25, 0.3) is 5.91 Å². The van der Waals surface area contributed by atoms with Gasteiger partial charge in [-0.05, 0) is 37.8 Å². The van der Waals surface area contributed by atoms with Gasteiger partial charge in [-0.1, -0.05) is 17.7 Å². The zero-order valence-corrected chi connectivity index (χ0v) is 10.9. The molecule has 1 fully saturated rings. The van der Waals surface area contributed by atoms with Gasteiger partial charge in [-0.25, -0.2) is 0 Å². The van der Waals surface area contributed by atoms with E-state index in [1.54, 1.807) is 0 Å². The Balaban J connectivity index is 2.00. The Morgan fingerprint density at radius 2 is 1.95 bits per heavy atom. The van der Waals surface area contributed by atoms with E-state index in [1.807, 2.05) is 6.92 Å². The molecule has 2 N–H and O–H groups in total. The molecular weight excluding hydrogens is 269 g/mol. The minimum absolute atomic E-state index is 0.175. The van der Waals surface area contributed by atoms with E-state index in [4.69, 9.17) is 0 Å². The molecule has 0 unspecified atom stereocenters. The van der Waals surface area contributed by atoms with E-state index in [0.717, 1.165) is 24.5 Å². The third-order valence-electron chi connectivity index (χ3n) is 3.13. The third kappa shape index (κ3) is 3.76. The molecule has 1 amide bonds. The first-order chi connectivity index (χ1) is 9.38. The van der Waals surface area contributed by atoms with Crippen LogP contribution in [0.15, 0.2) is 35.9 Å². The normalized spacial score (nSPS) is 15.9. The van der Waals surface area contributed by atoms with E-state index >= 15 is 0 Å². The fraction of sp³-hybridized carbons (Fsp3) is 0.357. The molecule has 1 aliphatic rings. The lowest BCUT2D eigenvalue weighted by atomic mass is 10.2. The van der Waals surface area contributed by atoms with Gasteiger partial charge in [0.2, 0.25) is 0 Å². The van der Waals surface area contributed by atoms with E-state index in [2.05, 4.69) is 10.9 Å². The van der Waals surface area contributed by atoms with Crippen molar-refractivity contribution in [3.8, 4) is 0 Å². The Labute approximate surface area is 114 Å². The summed E-state index contributed by atoms with van der Waals surface area (Å²) in [5, 5.41) is 0. The number of carbonyl (C=O) groups is 1. The number of hydrazine groups is 1. The summed E-state index contributed by atoms with van der Waals surface area (Å²) in [6.07, 6.45) is -0.908. The Kier molecular flexibility index (Phi) is 4.01. The highest BCUT2D eigenvalue weighted by atomic mass is 19.4. The van der Waals surface area contributed by atoms with Crippen molar-refractivity contribution < 1.29 is 18.0 Å². The van der Waals surface area contributed by atoms with Gasteiger partial charge in [0.15, 0.2) is 0 Å². The summed E-state index contributed by atoms with van der Waals surface area (Å²) in [5.74, 6) is -0.00501. The molecule has 3 nitrogen and oxygen atoms in total. The second kappa shape index (κ2) is 5.56. The lowest BCUT2D eigenvalue weighted by molar-refractivity contribution is -0.137. The number of carbonyl (C=O) groups excluding carboxylic acids is 1. The van der Waals surface area contributed by atoms with Crippen molar-refractivity contribution in [3.05, 3.63) is 41.5 Å². The van der Waals surface area contributed by atoms with E-state index in [0.29, 0.717) is 5.92 Å². The van der Waals surface area contributed by atoms with Gasteiger partial charge in [-0.3, -0.25) is 15.6 Å². The molecule has 0 atom stereocenters. The summed E-state index contributed by atoms with van der Waals surface area (Å²) in [5.41, 5.74) is 4.54. The van der Waals surface area contributed by atoms with Crippen molar-refractivity contribution in [2.75, 3.05) is 5.43 Å². The molecule has 0 saturated heterocycles. The number of para-hydroxylation sites is 1. The van der Waals surface area contributed by atoms with Crippen LogP contribution in [0, 0.1) is 5.92 Å². The zero-order chi connectivity index (χ0) is 14.8. The van der Waals surface area contributed by atoms with Crippen molar-refractivity contribution in [1.29, 1.82) is 0 Å². The van der Waals surface area contributed by atoms with Crippen LogP contribution in [0.1, 0.15) is 25.3 Å². The van der Waals surface area contributed by atoms with Gasteiger partial charge in [-0.2, -0.15) is 13.2 Å². The van der Waals surface area contributed by atoms with E-state index in [1.165, 1.54) is 24.3 Å². The maximum atomic E-state index is 12.7. The molecule has 0 heterocycles. The number of hydrogen-bond donors (Lipinski definition) is 2. The fourth-order valence-electron chi connectivity index (χ4n) is 1.87. The number of rotatable bonds is 4. The van der Waals surface area contributed by atoms with Gasteiger partial charge in [0.05, 0.1) is 11.3 Å². The van der Waals surface area contributed by atoms with E-state index in [9.17, 15) is 18.0 Å². The van der Waals surface area contributed by atoms with Crippen LogP contribution in [-0.2, 0) is 11.0 Å². The van der Waals surface area contributed by atoms with Gasteiger partial charge >= 0.3 is 6.18 Å². The monoisotopic (exact) mass is 284 g/mol. The lowest BCUT2D eigenvalue weighted by Gasteiger charge is -2.14. The molecule has 2 rings (SSSR count). The summed E-state index contributed by atoms with van der Waals surface area (Å²) in [7, 11) is 0. The number of alkyl halides is 3. The minimum Gasteiger partial charge on any atom is -0.298 e. The summed E-state index contributed by atoms with van der Waals surface area (Å²) in [4.78, 5) is 11.6. The van der Waals surface area contributed by atoms with Gasteiger partial charge in [0, 0.05) is 6.08 Å². The predicted octanol–water partition coefficient (Wildman–Crippen LogP) is 3.50. The number of allylic oxidation sites excluding steroid dienone is 1. The van der Waals surface area contributed by atoms with Crippen molar-refractivity contribution in [3.63, 3.8) is 0 Å². The molecule has 0 bridgehead atoms. The minimum atomic E-state index is -4.46. The molecule has 20 heavy (non-hydrogen) atoms. The molecule has 108 valence electrons. The molecule has 1 aromatic rings. The van der Waals surface area contributed by atoms with Crippen LogP contribution >= 0.6 is 0 Å². The second-order valence-corrected chi connectivity index (χ2v) is 4.82. The molecule has 1 aliphatic carbocycles. The first-order valence-electron chi connectivity index (χ1n) is 6.28. The molecule has 6 heteroatoms. The quantitative estimate of drug-likeness (QED) is 0.656. The molecule has 1 aromatic carbocycles. The molecule has 0 aliphatic heterocycles. The average Bonchev–Trinajstić information content (AvgIpc) is 3.19. The highest BCUT2D eigenvalue weighted by Crippen LogP contribution is 2.36. The third-order valence-corrected chi connectivity index (χ3v) is 3.13. The zero-order valence-electron chi connectivity index (χ0n) is 10.9. The average molecular weight is 284 g/mol. The van der Waals surface area contributed by atoms with Gasteiger partial charge in [-0.15, -0.1) is 0 Å². The predicted molar refractivity (Wildman–Crippen MR) is 69.7 cm³/mol. The molecule has 0 spiro atoms. The van der Waals surface area contributed by atoms with E-state index in [-0.39, 0.29) is 5.69 Å². The van der Waals surface area contributed by atoms with Crippen LogP contribution in [0.3, 0.4) is 0 Å². The molecule has 1 saturated carbocycles. The van der Waals surface area contributed by atoms with Crippen molar-refractivity contribution >= 4 is 11.6 Å². The molecular formula is C14H15F3N2O. The number of halogens is 3. The number of benzene rings is 1. The van der Waals surface area contributed by atoms with Crippen LogP contribution < -0.4 is 10.9 Å². The van der Waals surface area contributed by atoms with Crippen molar-refractivity contribution in [2.45, 2.75) is 25.9 Å². The Hall–Kier alpha value is -1.98. The maximum absolute atomic E-state index is 12.7. The largest absolute Gasteiger partial charge is 0.418 e. The summed E-state index contributed by atoms with van der Waals surface area (Å²) < 4.78 is 38.2. The van der Waals surface area contributed by atoms with E-state index < -0.39 is 17.6 Å². The molecule has 0 aromatic heterocycles. The Bertz CT molecular complexity index is 533. The lowest BCUT2D eigenvalue weighted by Crippen LogP contribution is -2.29. The van der Waals surface area contributed by atoms with Crippen LogP contribution in [0.4, 0.5) is 18.9 Å². The Morgan fingerprint density at radius 1 is 1.30 bits per heavy atom. The number of anilines is 1. The van der Waals surface area contributed by atoms with Crippen LogP contribution in [-0.4, -0.2) is 5.91 Å². The first-order valence-corrected chi connectivity index (χ1v) is 6.28. The maximum Gasteiger partial charge on any atom is 0.418 e. The van der Waals surface area contributed by atoms with Crippen LogP contribution in [0.5, 0.6) is 0 Å². The Morgan fingerprint density at radius 3 is 2.55 bits per heavy atom. The number of nitrogens with one attached hydrogen (secondary N) is 2. The second-order valence-electron chi connectivity index (χ2n) is 4.82. The number of amides is 1. The first kappa shape index (κ1) is 14.4. The smallest absolute Gasteiger partial charge is 0.298 e. The highest BCUT2D eigenvalue weighted by Gasteiger charge is 2.33. The summed E-state index contributed by atoms with van der Waals surface area (Å²) >= 11 is 0. The summed E-state index contributed by atoms with van der Waals surface area (Å²) in [6, 6.07) is 4.99. The van der Waals surface area contributed by atoms with Crippen molar-refractivity contribution in [1.82, 2.24) is 5.43 Å². The van der Waals surface area contributed by atoms with Crippen molar-refractivity contribution in [2.24, 2.45) is 5.92 Å². The van der Waals surface area contributed by atoms with Crippen LogP contribution in [0.2, 0.25) is 0 Å². The highest BCUT2D eigenvalue weighted by molar-refractivity contribution is 5.89. The van der Waals surface area contributed by atoms with Gasteiger partial charge < -0.3 is 0 Å². The van der Waals surface area contributed by atoms with Crippen LogP contribution in [0.25, 0.3) is 0 Å². The standard InChI is InChI=1S/C14H15F3N2O/c1-9(10-6-7-10)8-13(20)19-18-12-5-3-2-4-11(12)14(15,16)17/h2-5,8,10,18H,6-7H2,1H3,(H,19,20)/b9-8+.